The molecule has 0 aliphatic carbocycles. The number of hydrogen-bond acceptors (Lipinski definition) is 5. The van der Waals surface area contributed by atoms with Gasteiger partial charge in [-0.2, -0.15) is 0 Å². The van der Waals surface area contributed by atoms with Crippen molar-refractivity contribution in [2.45, 2.75) is 32.2 Å². The van der Waals surface area contributed by atoms with Crippen LogP contribution in [-0.2, 0) is 18.4 Å². The first-order chi connectivity index (χ1) is 13.1. The van der Waals surface area contributed by atoms with Crippen LogP contribution in [0.3, 0.4) is 0 Å². The van der Waals surface area contributed by atoms with Crippen molar-refractivity contribution < 1.29 is 9.59 Å². The summed E-state index contributed by atoms with van der Waals surface area (Å²) in [7, 11) is 1.74. The molecule has 4 rings (SSSR count). The van der Waals surface area contributed by atoms with E-state index >= 15 is 0 Å². The minimum absolute atomic E-state index is 0.151. The van der Waals surface area contributed by atoms with Gasteiger partial charge in [0.05, 0.1) is 5.41 Å². The number of amides is 2. The Bertz CT molecular complexity index is 826. The van der Waals surface area contributed by atoms with E-state index in [0.29, 0.717) is 32.5 Å². The highest BCUT2D eigenvalue weighted by atomic mass is 16.2. The fraction of sp³-hybridized carbons (Fsp3) is 0.526. The molecule has 0 saturated carbocycles. The molecule has 2 aromatic rings. The first kappa shape index (κ1) is 17.6. The van der Waals surface area contributed by atoms with E-state index in [4.69, 9.17) is 0 Å². The third-order valence-corrected chi connectivity index (χ3v) is 5.75. The second-order valence-electron chi connectivity index (χ2n) is 7.50. The second kappa shape index (κ2) is 7.09. The SMILES string of the molecule is Cn1cnc(C(=O)N2CCC3(CCCN(Cc4ccncc4)C3=O)CC2)n1. The molecule has 2 fully saturated rings. The Labute approximate surface area is 158 Å². The van der Waals surface area contributed by atoms with E-state index in [1.807, 2.05) is 17.0 Å². The Morgan fingerprint density at radius 2 is 1.89 bits per heavy atom. The maximum atomic E-state index is 13.2. The Morgan fingerprint density at radius 1 is 1.15 bits per heavy atom. The molecule has 2 amide bonds. The van der Waals surface area contributed by atoms with E-state index in [1.54, 1.807) is 24.3 Å². The van der Waals surface area contributed by atoms with Crippen LogP contribution in [0.4, 0.5) is 0 Å². The molecule has 2 aromatic heterocycles. The molecule has 142 valence electrons. The van der Waals surface area contributed by atoms with Gasteiger partial charge in [-0.25, -0.2) is 4.98 Å². The molecule has 2 aliphatic rings. The summed E-state index contributed by atoms with van der Waals surface area (Å²) < 4.78 is 1.53. The molecule has 4 heterocycles. The largest absolute Gasteiger partial charge is 0.338 e. The van der Waals surface area contributed by atoms with Gasteiger partial charge in [0.1, 0.15) is 6.33 Å². The molecule has 2 saturated heterocycles. The Balaban J connectivity index is 1.42. The highest BCUT2D eigenvalue weighted by Crippen LogP contribution is 2.41. The smallest absolute Gasteiger partial charge is 0.293 e. The van der Waals surface area contributed by atoms with Crippen LogP contribution >= 0.6 is 0 Å². The summed E-state index contributed by atoms with van der Waals surface area (Å²) in [6.45, 7) is 2.57. The molecule has 0 radical (unpaired) electrons. The topological polar surface area (TPSA) is 84.2 Å². The number of pyridine rings is 1. The summed E-state index contributed by atoms with van der Waals surface area (Å²) in [4.78, 5) is 37.6. The maximum absolute atomic E-state index is 13.2. The second-order valence-corrected chi connectivity index (χ2v) is 7.50. The van der Waals surface area contributed by atoms with Crippen molar-refractivity contribution in [3.05, 3.63) is 42.2 Å². The van der Waals surface area contributed by atoms with Gasteiger partial charge in [-0.1, -0.05) is 0 Å². The third kappa shape index (κ3) is 3.43. The van der Waals surface area contributed by atoms with Gasteiger partial charge in [-0.05, 0) is 43.4 Å². The molecular weight excluding hydrogens is 344 g/mol. The minimum Gasteiger partial charge on any atom is -0.338 e. The summed E-state index contributed by atoms with van der Waals surface area (Å²) in [6, 6.07) is 3.91. The van der Waals surface area contributed by atoms with Crippen molar-refractivity contribution in [3.63, 3.8) is 0 Å². The third-order valence-electron chi connectivity index (χ3n) is 5.75. The van der Waals surface area contributed by atoms with Crippen LogP contribution in [-0.4, -0.2) is 61.0 Å². The number of hydrogen-bond donors (Lipinski definition) is 0. The van der Waals surface area contributed by atoms with Gasteiger partial charge in [0.2, 0.25) is 11.7 Å². The number of aromatic nitrogens is 4. The lowest BCUT2D eigenvalue weighted by Crippen LogP contribution is -2.54. The van der Waals surface area contributed by atoms with Gasteiger partial charge in [0, 0.05) is 45.6 Å². The molecule has 8 heteroatoms. The van der Waals surface area contributed by atoms with Gasteiger partial charge >= 0.3 is 0 Å². The number of aryl methyl sites for hydroxylation is 1. The monoisotopic (exact) mass is 368 g/mol. The van der Waals surface area contributed by atoms with Crippen molar-refractivity contribution in [3.8, 4) is 0 Å². The molecule has 0 unspecified atom stereocenters. The molecule has 0 bridgehead atoms. The molecule has 27 heavy (non-hydrogen) atoms. The van der Waals surface area contributed by atoms with E-state index in [1.165, 1.54) is 11.0 Å². The van der Waals surface area contributed by atoms with Crippen LogP contribution in [0.5, 0.6) is 0 Å². The minimum atomic E-state index is -0.334. The van der Waals surface area contributed by atoms with Crippen LogP contribution in [0, 0.1) is 5.41 Å². The molecule has 0 N–H and O–H groups in total. The summed E-state index contributed by atoms with van der Waals surface area (Å²) in [5, 5.41) is 4.10. The summed E-state index contributed by atoms with van der Waals surface area (Å²) in [5.41, 5.74) is 0.767. The van der Waals surface area contributed by atoms with Gasteiger partial charge in [0.15, 0.2) is 0 Å². The zero-order valence-corrected chi connectivity index (χ0v) is 15.5. The van der Waals surface area contributed by atoms with E-state index in [2.05, 4.69) is 15.1 Å². The zero-order valence-electron chi connectivity index (χ0n) is 15.5. The number of carbonyl (C=O) groups is 2. The lowest BCUT2D eigenvalue weighted by atomic mass is 9.71. The average Bonchev–Trinajstić information content (AvgIpc) is 3.13. The van der Waals surface area contributed by atoms with Crippen molar-refractivity contribution in [2.75, 3.05) is 19.6 Å². The highest BCUT2D eigenvalue weighted by molar-refractivity contribution is 5.91. The molecule has 2 aliphatic heterocycles. The highest BCUT2D eigenvalue weighted by Gasteiger charge is 2.46. The zero-order chi connectivity index (χ0) is 18.9. The van der Waals surface area contributed by atoms with Gasteiger partial charge in [0.25, 0.3) is 5.91 Å². The first-order valence-electron chi connectivity index (χ1n) is 9.41. The fourth-order valence-corrected chi connectivity index (χ4v) is 4.19. The predicted molar refractivity (Wildman–Crippen MR) is 97.5 cm³/mol. The Morgan fingerprint density at radius 3 is 2.56 bits per heavy atom. The van der Waals surface area contributed by atoms with Crippen LogP contribution in [0.25, 0.3) is 0 Å². The van der Waals surface area contributed by atoms with E-state index in [9.17, 15) is 9.59 Å². The van der Waals surface area contributed by atoms with Crippen LogP contribution in [0.1, 0.15) is 41.9 Å². The number of piperidine rings is 2. The quantitative estimate of drug-likeness (QED) is 0.814. The van der Waals surface area contributed by atoms with Crippen molar-refractivity contribution >= 4 is 11.8 Å². The van der Waals surface area contributed by atoms with Crippen LogP contribution in [0.2, 0.25) is 0 Å². The van der Waals surface area contributed by atoms with E-state index < -0.39 is 0 Å². The summed E-state index contributed by atoms with van der Waals surface area (Å²) >= 11 is 0. The Hall–Kier alpha value is -2.77. The van der Waals surface area contributed by atoms with Gasteiger partial charge in [-0.15, -0.1) is 5.10 Å². The molecule has 0 aromatic carbocycles. The van der Waals surface area contributed by atoms with Crippen LogP contribution < -0.4 is 0 Å². The number of likely N-dealkylation sites (tertiary alicyclic amines) is 2. The normalized spacial score (nSPS) is 19.5. The van der Waals surface area contributed by atoms with E-state index in [-0.39, 0.29) is 23.1 Å². The maximum Gasteiger partial charge on any atom is 0.293 e. The number of nitrogens with zero attached hydrogens (tertiary/aromatic N) is 6. The Kier molecular flexibility index (Phi) is 4.63. The first-order valence-corrected chi connectivity index (χ1v) is 9.41. The van der Waals surface area contributed by atoms with Crippen molar-refractivity contribution in [2.24, 2.45) is 12.5 Å². The summed E-state index contributed by atoms with van der Waals surface area (Å²) in [5.74, 6) is 0.304. The van der Waals surface area contributed by atoms with Crippen molar-refractivity contribution in [1.82, 2.24) is 29.5 Å². The molecule has 1 spiro atoms. The number of rotatable bonds is 3. The fourth-order valence-electron chi connectivity index (χ4n) is 4.19. The average molecular weight is 368 g/mol. The molecule has 8 nitrogen and oxygen atoms in total. The lowest BCUT2D eigenvalue weighted by Gasteiger charge is -2.46. The lowest BCUT2D eigenvalue weighted by molar-refractivity contribution is -0.150. The molecular formula is C19H24N6O2. The van der Waals surface area contributed by atoms with Gasteiger partial charge < -0.3 is 9.80 Å². The van der Waals surface area contributed by atoms with Crippen molar-refractivity contribution in [1.29, 1.82) is 0 Å². The van der Waals surface area contributed by atoms with Gasteiger partial charge in [-0.3, -0.25) is 19.3 Å². The van der Waals surface area contributed by atoms with E-state index in [0.717, 1.165) is 24.9 Å². The summed E-state index contributed by atoms with van der Waals surface area (Å²) in [6.07, 6.45) is 8.37. The molecule has 0 atom stereocenters. The number of carbonyl (C=O) groups excluding carboxylic acids is 2. The van der Waals surface area contributed by atoms with Crippen LogP contribution in [0.15, 0.2) is 30.9 Å². The predicted octanol–water partition coefficient (Wildman–Crippen LogP) is 1.26. The standard InChI is InChI=1S/C19H24N6O2/c1-23-14-21-16(22-23)17(26)24-11-6-19(7-12-24)5-2-10-25(18(19)27)13-15-3-8-20-9-4-15/h3-4,8-9,14H,2,5-7,10-13H2,1H3.